The van der Waals surface area contributed by atoms with Gasteiger partial charge >= 0.3 is 0 Å². The Hall–Kier alpha value is -2.82. The summed E-state index contributed by atoms with van der Waals surface area (Å²) in [5, 5.41) is 5.43. The van der Waals surface area contributed by atoms with E-state index < -0.39 is 0 Å². The second-order valence-electron chi connectivity index (χ2n) is 6.01. The van der Waals surface area contributed by atoms with Crippen molar-refractivity contribution in [3.05, 3.63) is 54.1 Å². The molecule has 0 spiro atoms. The summed E-state index contributed by atoms with van der Waals surface area (Å²) in [6, 6.07) is 14.7. The van der Waals surface area contributed by atoms with E-state index in [-0.39, 0.29) is 18.2 Å². The molecule has 132 valence electrons. The van der Waals surface area contributed by atoms with E-state index in [4.69, 9.17) is 4.74 Å². The zero-order valence-corrected chi connectivity index (χ0v) is 14.8. The second-order valence-corrected chi connectivity index (χ2v) is 6.01. The van der Waals surface area contributed by atoms with Gasteiger partial charge in [-0.15, -0.1) is 0 Å². The average molecular weight is 340 g/mol. The Kier molecular flexibility index (Phi) is 6.57. The topological polar surface area (TPSA) is 67.4 Å². The van der Waals surface area contributed by atoms with Crippen LogP contribution < -0.4 is 15.4 Å². The lowest BCUT2D eigenvalue weighted by atomic mass is 10.0. The minimum absolute atomic E-state index is 0.237. The summed E-state index contributed by atoms with van der Waals surface area (Å²) in [5.74, 6) is 0.467. The van der Waals surface area contributed by atoms with E-state index in [1.807, 2.05) is 31.2 Å². The minimum Gasteiger partial charge on any atom is -0.494 e. The predicted molar refractivity (Wildman–Crippen MR) is 100 cm³/mol. The van der Waals surface area contributed by atoms with Crippen LogP contribution in [0.5, 0.6) is 5.75 Å². The maximum atomic E-state index is 12.0. The van der Waals surface area contributed by atoms with E-state index in [0.717, 1.165) is 5.75 Å². The van der Waals surface area contributed by atoms with E-state index in [1.165, 1.54) is 5.56 Å². The fraction of sp³-hybridized carbons (Fsp3) is 0.300. The Morgan fingerprint density at radius 2 is 1.36 bits per heavy atom. The minimum atomic E-state index is -0.361. The Balaban J connectivity index is 1.84. The molecule has 0 radical (unpaired) electrons. The molecule has 2 rings (SSSR count). The number of hydrogen-bond acceptors (Lipinski definition) is 3. The highest BCUT2D eigenvalue weighted by atomic mass is 16.5. The van der Waals surface area contributed by atoms with Crippen LogP contribution in [0.1, 0.15) is 38.7 Å². The first-order valence-corrected chi connectivity index (χ1v) is 8.40. The standard InChI is InChI=1S/C20H24N2O3/c1-4-25-18-11-9-17(10-12-18)22-20(24)13-19(23)21-16-7-5-15(6-8-16)14(2)3/h5-12,14H,4,13H2,1-3H3,(H,21,23)(H,22,24). The van der Waals surface area contributed by atoms with E-state index in [2.05, 4.69) is 24.5 Å². The first-order valence-electron chi connectivity index (χ1n) is 8.40. The number of carbonyl (C=O) groups excluding carboxylic acids is 2. The van der Waals surface area contributed by atoms with Crippen LogP contribution in [0, 0.1) is 0 Å². The van der Waals surface area contributed by atoms with E-state index >= 15 is 0 Å². The van der Waals surface area contributed by atoms with Crippen molar-refractivity contribution in [3.8, 4) is 5.75 Å². The molecule has 0 saturated carbocycles. The molecular weight excluding hydrogens is 316 g/mol. The van der Waals surface area contributed by atoms with E-state index in [1.54, 1.807) is 24.3 Å². The lowest BCUT2D eigenvalue weighted by Gasteiger charge is -2.09. The molecule has 0 bridgehead atoms. The van der Waals surface area contributed by atoms with Crippen LogP contribution in [0.15, 0.2) is 48.5 Å². The molecule has 5 heteroatoms. The first kappa shape index (κ1) is 18.5. The van der Waals surface area contributed by atoms with Crippen molar-refractivity contribution in [2.24, 2.45) is 0 Å². The van der Waals surface area contributed by atoms with Gasteiger partial charge in [0.25, 0.3) is 0 Å². The molecule has 0 aromatic heterocycles. The monoisotopic (exact) mass is 340 g/mol. The van der Waals surface area contributed by atoms with Gasteiger partial charge in [-0.2, -0.15) is 0 Å². The van der Waals surface area contributed by atoms with Gasteiger partial charge in [-0.1, -0.05) is 26.0 Å². The van der Waals surface area contributed by atoms with E-state index in [0.29, 0.717) is 23.9 Å². The largest absolute Gasteiger partial charge is 0.494 e. The number of nitrogens with one attached hydrogen (secondary N) is 2. The molecule has 2 N–H and O–H groups in total. The first-order chi connectivity index (χ1) is 12.0. The quantitative estimate of drug-likeness (QED) is 0.743. The van der Waals surface area contributed by atoms with Crippen LogP contribution in [0.25, 0.3) is 0 Å². The lowest BCUT2D eigenvalue weighted by Crippen LogP contribution is -2.21. The number of carbonyl (C=O) groups is 2. The fourth-order valence-corrected chi connectivity index (χ4v) is 2.31. The van der Waals surface area contributed by atoms with Gasteiger partial charge in [0.05, 0.1) is 6.61 Å². The molecule has 0 unspecified atom stereocenters. The van der Waals surface area contributed by atoms with Crippen LogP contribution in [-0.2, 0) is 9.59 Å². The molecule has 0 fully saturated rings. The van der Waals surface area contributed by atoms with Gasteiger partial charge in [0, 0.05) is 11.4 Å². The van der Waals surface area contributed by atoms with Crippen LogP contribution in [0.4, 0.5) is 11.4 Å². The van der Waals surface area contributed by atoms with Crippen molar-refractivity contribution in [3.63, 3.8) is 0 Å². The van der Waals surface area contributed by atoms with Crippen molar-refractivity contribution < 1.29 is 14.3 Å². The average Bonchev–Trinajstić information content (AvgIpc) is 2.57. The Bertz CT molecular complexity index is 707. The third-order valence-electron chi connectivity index (χ3n) is 3.63. The maximum absolute atomic E-state index is 12.0. The summed E-state index contributed by atoms with van der Waals surface area (Å²) in [4.78, 5) is 23.9. The third kappa shape index (κ3) is 5.95. The number of benzene rings is 2. The van der Waals surface area contributed by atoms with Gasteiger partial charge in [-0.05, 0) is 54.8 Å². The molecule has 0 saturated heterocycles. The van der Waals surface area contributed by atoms with Crippen LogP contribution in [-0.4, -0.2) is 18.4 Å². The summed E-state index contributed by atoms with van der Waals surface area (Å²) >= 11 is 0. The van der Waals surface area contributed by atoms with Gasteiger partial charge in [-0.3, -0.25) is 9.59 Å². The predicted octanol–water partition coefficient (Wildman–Crippen LogP) is 4.18. The van der Waals surface area contributed by atoms with Crippen molar-refractivity contribution >= 4 is 23.2 Å². The lowest BCUT2D eigenvalue weighted by molar-refractivity contribution is -0.123. The number of rotatable bonds is 7. The molecule has 0 aliphatic heterocycles. The number of amides is 2. The van der Waals surface area contributed by atoms with Crippen molar-refractivity contribution in [1.82, 2.24) is 0 Å². The molecule has 0 aliphatic carbocycles. The molecule has 2 aromatic rings. The molecule has 5 nitrogen and oxygen atoms in total. The zero-order valence-electron chi connectivity index (χ0n) is 14.8. The summed E-state index contributed by atoms with van der Waals surface area (Å²) < 4.78 is 5.34. The number of anilines is 2. The van der Waals surface area contributed by atoms with Crippen molar-refractivity contribution in [1.29, 1.82) is 0 Å². The fourth-order valence-electron chi connectivity index (χ4n) is 2.31. The summed E-state index contributed by atoms with van der Waals surface area (Å²) in [6.45, 7) is 6.71. The Labute approximate surface area is 148 Å². The highest BCUT2D eigenvalue weighted by molar-refractivity contribution is 6.08. The van der Waals surface area contributed by atoms with Crippen molar-refractivity contribution in [2.75, 3.05) is 17.2 Å². The van der Waals surface area contributed by atoms with E-state index in [9.17, 15) is 9.59 Å². The smallest absolute Gasteiger partial charge is 0.233 e. The number of ether oxygens (including phenoxy) is 1. The van der Waals surface area contributed by atoms with Crippen LogP contribution >= 0.6 is 0 Å². The second kappa shape index (κ2) is 8.87. The molecular formula is C20H24N2O3. The molecule has 2 aromatic carbocycles. The molecule has 0 aliphatic rings. The van der Waals surface area contributed by atoms with Crippen LogP contribution in [0.2, 0.25) is 0 Å². The van der Waals surface area contributed by atoms with Gasteiger partial charge in [0.15, 0.2) is 0 Å². The maximum Gasteiger partial charge on any atom is 0.233 e. The Morgan fingerprint density at radius 3 is 1.80 bits per heavy atom. The molecule has 0 heterocycles. The highest BCUT2D eigenvalue weighted by Gasteiger charge is 2.10. The SMILES string of the molecule is CCOc1ccc(NC(=O)CC(=O)Nc2ccc(C(C)C)cc2)cc1. The number of hydrogen-bond donors (Lipinski definition) is 2. The van der Waals surface area contributed by atoms with Gasteiger partial charge in [-0.25, -0.2) is 0 Å². The van der Waals surface area contributed by atoms with Crippen molar-refractivity contribution in [2.45, 2.75) is 33.1 Å². The van der Waals surface area contributed by atoms with Gasteiger partial charge in [0.2, 0.25) is 11.8 Å². The highest BCUT2D eigenvalue weighted by Crippen LogP contribution is 2.18. The van der Waals surface area contributed by atoms with Crippen LogP contribution in [0.3, 0.4) is 0 Å². The normalized spacial score (nSPS) is 10.4. The Morgan fingerprint density at radius 1 is 0.880 bits per heavy atom. The molecule has 2 amide bonds. The summed E-state index contributed by atoms with van der Waals surface area (Å²) in [6.07, 6.45) is -0.237. The summed E-state index contributed by atoms with van der Waals surface area (Å²) in [5.41, 5.74) is 2.51. The summed E-state index contributed by atoms with van der Waals surface area (Å²) in [7, 11) is 0. The molecule has 0 atom stereocenters. The van der Waals surface area contributed by atoms with Gasteiger partial charge in [0.1, 0.15) is 12.2 Å². The van der Waals surface area contributed by atoms with Gasteiger partial charge < -0.3 is 15.4 Å². The third-order valence-corrected chi connectivity index (χ3v) is 3.63. The zero-order chi connectivity index (χ0) is 18.2. The molecule has 25 heavy (non-hydrogen) atoms.